The predicted octanol–water partition coefficient (Wildman–Crippen LogP) is 3.37. The summed E-state index contributed by atoms with van der Waals surface area (Å²) in [7, 11) is 0. The van der Waals surface area contributed by atoms with Gasteiger partial charge in [-0.15, -0.1) is 0 Å². The Hall–Kier alpha value is -1.44. The van der Waals surface area contributed by atoms with Gasteiger partial charge in [-0.25, -0.2) is 0 Å². The molecule has 0 aromatic rings. The van der Waals surface area contributed by atoms with Crippen molar-refractivity contribution in [3.05, 3.63) is 47.9 Å². The minimum Gasteiger partial charge on any atom is -0.159 e. The second kappa shape index (κ2) is 3.52. The average molecular weight is 172 g/mol. The Morgan fingerprint density at radius 3 is 3.23 bits per heavy atom. The van der Waals surface area contributed by atoms with Crippen molar-refractivity contribution >= 4 is 0 Å². The lowest BCUT2D eigenvalue weighted by Crippen LogP contribution is -1.96. The second-order valence-electron chi connectivity index (χ2n) is 3.25. The molecule has 2 rings (SSSR count). The van der Waals surface area contributed by atoms with Crippen LogP contribution in [0.3, 0.4) is 0 Å². The Morgan fingerprint density at radius 1 is 1.38 bits per heavy atom. The van der Waals surface area contributed by atoms with Gasteiger partial charge in [0.2, 0.25) is 0 Å². The van der Waals surface area contributed by atoms with E-state index in [0.717, 1.165) is 12.1 Å². The minimum absolute atomic E-state index is 0.442. The summed E-state index contributed by atoms with van der Waals surface area (Å²) in [6.45, 7) is 2.18. The van der Waals surface area contributed by atoms with E-state index in [9.17, 15) is 0 Å². The molecule has 13 heavy (non-hydrogen) atoms. The van der Waals surface area contributed by atoms with Gasteiger partial charge in [0.15, 0.2) is 0 Å². The molecule has 1 aliphatic heterocycles. The number of hydrogen-bond acceptors (Lipinski definition) is 2. The zero-order valence-corrected chi connectivity index (χ0v) is 7.64. The third kappa shape index (κ3) is 1.66. The summed E-state index contributed by atoms with van der Waals surface area (Å²) in [6.07, 6.45) is 13.1. The van der Waals surface area contributed by atoms with Gasteiger partial charge in [-0.2, -0.15) is 10.2 Å². The molecule has 0 radical (unpaired) electrons. The molecule has 0 saturated carbocycles. The van der Waals surface area contributed by atoms with E-state index >= 15 is 0 Å². The first-order chi connectivity index (χ1) is 6.38. The highest BCUT2D eigenvalue weighted by molar-refractivity contribution is 5.34. The van der Waals surface area contributed by atoms with Gasteiger partial charge in [-0.05, 0) is 24.0 Å². The zero-order chi connectivity index (χ0) is 9.10. The molecule has 0 amide bonds. The quantitative estimate of drug-likeness (QED) is 0.535. The molecule has 66 valence electrons. The van der Waals surface area contributed by atoms with E-state index in [-0.39, 0.29) is 0 Å². The van der Waals surface area contributed by atoms with Crippen LogP contribution < -0.4 is 0 Å². The first kappa shape index (κ1) is 8.17. The topological polar surface area (TPSA) is 24.7 Å². The fourth-order valence-corrected chi connectivity index (χ4v) is 1.53. The van der Waals surface area contributed by atoms with Crippen LogP contribution in [0.4, 0.5) is 0 Å². The predicted molar refractivity (Wildman–Crippen MR) is 53.1 cm³/mol. The molecular formula is C11H12N2. The number of allylic oxidation sites excluding steroid dienone is 6. The van der Waals surface area contributed by atoms with Crippen molar-refractivity contribution in [1.29, 1.82) is 0 Å². The van der Waals surface area contributed by atoms with Gasteiger partial charge in [0.1, 0.15) is 0 Å². The van der Waals surface area contributed by atoms with Crippen LogP contribution in [-0.4, -0.2) is 0 Å². The Kier molecular flexibility index (Phi) is 2.21. The summed E-state index contributed by atoms with van der Waals surface area (Å²) in [5.74, 6) is 0.442. The first-order valence-corrected chi connectivity index (χ1v) is 4.51. The number of azo groups is 1. The van der Waals surface area contributed by atoms with Gasteiger partial charge in [0.25, 0.3) is 0 Å². The summed E-state index contributed by atoms with van der Waals surface area (Å²) < 4.78 is 0. The van der Waals surface area contributed by atoms with Crippen LogP contribution in [0.2, 0.25) is 0 Å². The maximum Gasteiger partial charge on any atom is 0.0857 e. The number of rotatable bonds is 0. The summed E-state index contributed by atoms with van der Waals surface area (Å²) in [5, 5.41) is 8.10. The van der Waals surface area contributed by atoms with Crippen molar-refractivity contribution in [2.45, 2.75) is 13.3 Å². The van der Waals surface area contributed by atoms with Crippen molar-refractivity contribution in [2.75, 3.05) is 0 Å². The molecule has 1 atom stereocenters. The van der Waals surface area contributed by atoms with E-state index in [4.69, 9.17) is 0 Å². The van der Waals surface area contributed by atoms with Crippen molar-refractivity contribution < 1.29 is 0 Å². The lowest BCUT2D eigenvalue weighted by atomic mass is 9.96. The van der Waals surface area contributed by atoms with Gasteiger partial charge in [0.05, 0.1) is 5.70 Å². The van der Waals surface area contributed by atoms with E-state index < -0.39 is 0 Å². The van der Waals surface area contributed by atoms with Crippen LogP contribution in [-0.2, 0) is 0 Å². The van der Waals surface area contributed by atoms with Gasteiger partial charge in [-0.1, -0.05) is 31.2 Å². The zero-order valence-electron chi connectivity index (χ0n) is 7.64. The smallest absolute Gasteiger partial charge is 0.0857 e. The highest BCUT2D eigenvalue weighted by Crippen LogP contribution is 2.26. The Morgan fingerprint density at radius 2 is 2.31 bits per heavy atom. The van der Waals surface area contributed by atoms with Crippen LogP contribution >= 0.6 is 0 Å². The number of hydrogen-bond donors (Lipinski definition) is 0. The van der Waals surface area contributed by atoms with Crippen molar-refractivity contribution in [3.63, 3.8) is 0 Å². The molecule has 0 bridgehead atoms. The summed E-state index contributed by atoms with van der Waals surface area (Å²) in [4.78, 5) is 0. The lowest BCUT2D eigenvalue weighted by Gasteiger charge is -2.09. The molecule has 0 spiro atoms. The van der Waals surface area contributed by atoms with Crippen LogP contribution in [0, 0.1) is 5.92 Å². The summed E-state index contributed by atoms with van der Waals surface area (Å²) >= 11 is 0. The molecule has 1 heterocycles. The molecule has 0 N–H and O–H groups in total. The molecule has 1 aliphatic carbocycles. The standard InChI is InChI=1S/C11H12N2/c1-9-7-8-12-13-11-6-4-2-3-5-10(9)11/h2-4,6-9H,5H2,1H3. The minimum atomic E-state index is 0.442. The van der Waals surface area contributed by atoms with E-state index in [1.165, 1.54) is 5.57 Å². The summed E-state index contributed by atoms with van der Waals surface area (Å²) in [6, 6.07) is 0. The Balaban J connectivity index is 2.43. The molecule has 0 aromatic carbocycles. The molecule has 2 nitrogen and oxygen atoms in total. The Labute approximate surface area is 78.1 Å². The SMILES string of the molecule is CC1C=CN=NC2=C1CC=CC=C2. The molecule has 2 heteroatoms. The van der Waals surface area contributed by atoms with E-state index in [2.05, 4.69) is 35.4 Å². The average Bonchev–Trinajstić information content (AvgIpc) is 2.43. The fraction of sp³-hybridized carbons (Fsp3) is 0.273. The van der Waals surface area contributed by atoms with Gasteiger partial charge < -0.3 is 0 Å². The number of nitrogens with zero attached hydrogens (tertiary/aromatic N) is 2. The summed E-state index contributed by atoms with van der Waals surface area (Å²) in [5.41, 5.74) is 2.37. The van der Waals surface area contributed by atoms with Gasteiger partial charge >= 0.3 is 0 Å². The van der Waals surface area contributed by atoms with Crippen LogP contribution in [0.5, 0.6) is 0 Å². The van der Waals surface area contributed by atoms with Gasteiger partial charge in [0, 0.05) is 6.20 Å². The monoisotopic (exact) mass is 172 g/mol. The molecule has 1 unspecified atom stereocenters. The highest BCUT2D eigenvalue weighted by Gasteiger charge is 2.12. The molecule has 2 aliphatic rings. The third-order valence-electron chi connectivity index (χ3n) is 2.32. The first-order valence-electron chi connectivity index (χ1n) is 4.51. The largest absolute Gasteiger partial charge is 0.159 e. The molecular weight excluding hydrogens is 160 g/mol. The van der Waals surface area contributed by atoms with Crippen LogP contribution in [0.25, 0.3) is 0 Å². The van der Waals surface area contributed by atoms with Crippen LogP contribution in [0.1, 0.15) is 13.3 Å². The maximum atomic E-state index is 4.15. The second-order valence-corrected chi connectivity index (χ2v) is 3.25. The van der Waals surface area contributed by atoms with E-state index in [1.807, 2.05) is 12.2 Å². The lowest BCUT2D eigenvalue weighted by molar-refractivity contribution is 0.822. The van der Waals surface area contributed by atoms with E-state index in [0.29, 0.717) is 5.92 Å². The van der Waals surface area contributed by atoms with Crippen molar-refractivity contribution in [1.82, 2.24) is 0 Å². The molecule has 0 aromatic heterocycles. The third-order valence-corrected chi connectivity index (χ3v) is 2.32. The highest BCUT2D eigenvalue weighted by atomic mass is 15.1. The Bertz CT molecular complexity index is 339. The van der Waals surface area contributed by atoms with Gasteiger partial charge in [-0.3, -0.25) is 0 Å². The molecule has 0 fully saturated rings. The molecule has 0 saturated heterocycles. The van der Waals surface area contributed by atoms with Crippen molar-refractivity contribution in [3.8, 4) is 0 Å². The fourth-order valence-electron chi connectivity index (χ4n) is 1.53. The maximum absolute atomic E-state index is 4.15. The van der Waals surface area contributed by atoms with Crippen molar-refractivity contribution in [2.24, 2.45) is 16.1 Å². The van der Waals surface area contributed by atoms with Crippen LogP contribution in [0.15, 0.2) is 58.1 Å². The van der Waals surface area contributed by atoms with E-state index in [1.54, 1.807) is 6.20 Å². The normalized spacial score (nSPS) is 25.8.